The van der Waals surface area contributed by atoms with Crippen LogP contribution in [0.15, 0.2) is 91.3 Å². The minimum atomic E-state index is -1.41. The molecule has 0 saturated heterocycles. The number of carbonyl (C=O) groups excluding carboxylic acids is 2. The van der Waals surface area contributed by atoms with Crippen LogP contribution in [0.4, 0.5) is 0 Å². The van der Waals surface area contributed by atoms with E-state index in [0.717, 1.165) is 47.3 Å². The van der Waals surface area contributed by atoms with Crippen LogP contribution in [0.2, 0.25) is 0 Å². The van der Waals surface area contributed by atoms with E-state index in [1.807, 2.05) is 90.0 Å². The van der Waals surface area contributed by atoms with Gasteiger partial charge in [0.25, 0.3) is 0 Å². The van der Waals surface area contributed by atoms with Crippen LogP contribution in [-0.2, 0) is 17.9 Å². The van der Waals surface area contributed by atoms with Gasteiger partial charge in [0.05, 0.1) is 6.20 Å². The molecule has 0 saturated carbocycles. The van der Waals surface area contributed by atoms with Crippen LogP contribution in [0.5, 0.6) is 5.75 Å². The molecule has 0 aliphatic rings. The average Bonchev–Trinajstić information content (AvgIpc) is 3.50. The summed E-state index contributed by atoms with van der Waals surface area (Å²) in [5.41, 5.74) is 4.57. The molecule has 4 aromatic rings. The van der Waals surface area contributed by atoms with Gasteiger partial charge in [-0.15, -0.1) is 0 Å². The number of nitrogens with one attached hydrogen (secondary N) is 1. The summed E-state index contributed by atoms with van der Waals surface area (Å²) in [4.78, 5) is 26.9. The number of ether oxygens (including phenoxy) is 1. The Morgan fingerprint density at radius 1 is 0.868 bits per heavy atom. The maximum atomic E-state index is 13.7. The van der Waals surface area contributed by atoms with Gasteiger partial charge in [-0.1, -0.05) is 42.5 Å². The van der Waals surface area contributed by atoms with Crippen LogP contribution in [0.1, 0.15) is 47.2 Å². The van der Waals surface area contributed by atoms with E-state index in [2.05, 4.69) is 10.2 Å². The summed E-state index contributed by atoms with van der Waals surface area (Å²) in [5, 5.41) is 6.82. The third-order valence-electron chi connectivity index (χ3n) is 6.23. The molecule has 0 aliphatic heterocycles. The Morgan fingerprint density at radius 2 is 1.63 bits per heavy atom. The Morgan fingerprint density at radius 3 is 2.37 bits per heavy atom. The molecule has 3 aromatic carbocycles. The topological polar surface area (TPSA) is 95.5 Å². The third-order valence-corrected chi connectivity index (χ3v) is 7.28. The molecular formula is C30H32AsN3O4. The number of H-pyrrole nitrogens is 1. The molecule has 196 valence electrons. The van der Waals surface area contributed by atoms with Crippen LogP contribution >= 0.6 is 0 Å². The molecule has 1 aromatic heterocycles. The molecule has 0 spiro atoms. The fraction of sp³-hybridized carbons (Fsp3) is 0.233. The van der Waals surface area contributed by atoms with Gasteiger partial charge < -0.3 is 0 Å². The Labute approximate surface area is 229 Å². The van der Waals surface area contributed by atoms with Crippen LogP contribution in [0.25, 0.3) is 11.1 Å². The Hall–Kier alpha value is -3.67. The number of aromatic nitrogens is 2. The molecule has 1 atom stereocenters. The summed E-state index contributed by atoms with van der Waals surface area (Å²) in [6.07, 6.45) is 6.49. The Kier molecular flexibility index (Phi) is 10.3. The summed E-state index contributed by atoms with van der Waals surface area (Å²) in [7, 11) is 0. The third kappa shape index (κ3) is 7.91. The van der Waals surface area contributed by atoms with Gasteiger partial charge in [-0.05, 0) is 23.3 Å². The molecular weight excluding hydrogens is 541 g/mol. The summed E-state index contributed by atoms with van der Waals surface area (Å²) in [5.74, 6) is 0.700. The number of rotatable bonds is 14. The van der Waals surface area contributed by atoms with Crippen LogP contribution in [0.3, 0.4) is 0 Å². The first-order valence-corrected chi connectivity index (χ1v) is 14.7. The second kappa shape index (κ2) is 14.3. The van der Waals surface area contributed by atoms with Crippen molar-refractivity contribution < 1.29 is 18.4 Å². The van der Waals surface area contributed by atoms with Crippen molar-refractivity contribution in [3.8, 4) is 16.9 Å². The van der Waals surface area contributed by atoms with E-state index in [4.69, 9.17) is 8.83 Å². The van der Waals surface area contributed by atoms with Gasteiger partial charge in [0, 0.05) is 17.3 Å². The molecule has 1 heterocycles. The number of para-hydroxylation sites is 1. The number of carbonyl (C=O) groups is 2. The number of amides is 1. The molecule has 7 nitrogen and oxygen atoms in total. The molecule has 2 N–H and O–H groups in total. The zero-order chi connectivity index (χ0) is 26.6. The van der Waals surface area contributed by atoms with Crippen molar-refractivity contribution in [3.05, 3.63) is 108 Å². The molecule has 8 heteroatoms. The monoisotopic (exact) mass is 573 g/mol. The van der Waals surface area contributed by atoms with E-state index in [1.165, 1.54) is 0 Å². The molecule has 38 heavy (non-hydrogen) atoms. The van der Waals surface area contributed by atoms with Crippen molar-refractivity contribution in [2.75, 3.05) is 6.61 Å². The number of aromatic amines is 1. The molecule has 0 fully saturated rings. The fourth-order valence-corrected chi connectivity index (χ4v) is 4.79. The predicted molar refractivity (Wildman–Crippen MR) is 149 cm³/mol. The van der Waals surface area contributed by atoms with Gasteiger partial charge in [-0.25, -0.2) is 0 Å². The number of hydrogen-bond acceptors (Lipinski definition) is 5. The molecule has 1 amide bonds. The molecule has 0 radical (unpaired) electrons. The Balaban J connectivity index is 1.46. The zero-order valence-corrected chi connectivity index (χ0v) is 23.3. The molecule has 1 unspecified atom stereocenters. The van der Waals surface area contributed by atoms with Crippen molar-refractivity contribution in [2.24, 2.45) is 0 Å². The number of hydrogen-bond donors (Lipinski definition) is 2. The van der Waals surface area contributed by atoms with Crippen molar-refractivity contribution in [1.82, 2.24) is 15.1 Å². The van der Waals surface area contributed by atoms with Gasteiger partial charge in [0.1, 0.15) is 0 Å². The predicted octanol–water partition coefficient (Wildman–Crippen LogP) is 4.73. The first-order valence-electron chi connectivity index (χ1n) is 12.7. The zero-order valence-electron chi connectivity index (χ0n) is 21.2. The number of unbranched alkanes of at least 4 members (excludes halogenated alkanes) is 2. The molecule has 4 rings (SSSR count). The van der Waals surface area contributed by atoms with Crippen LogP contribution in [-0.4, -0.2) is 52.4 Å². The summed E-state index contributed by atoms with van der Waals surface area (Å²) >= 11 is -1.41. The standard InChI is InChI=1S/C30H32AsN3O4/c35-29(31-37)13-5-2-8-18-38-28-12-7-6-11-26(28)22-34(21-23-9-3-1-4-10-23)30(36)25-16-14-24(15-17-25)27-19-32-33-20-27/h1,3-4,6-7,9-12,14-17,19-20,31,37H,2,5,8,13,18,21-22H2,(H,32,33). The normalized spacial score (nSPS) is 11.1. The second-order valence-corrected chi connectivity index (χ2v) is 10.7. The average molecular weight is 574 g/mol. The Bertz CT molecular complexity index is 1290. The minimum absolute atomic E-state index is 0.00411. The van der Waals surface area contributed by atoms with Crippen molar-refractivity contribution >= 4 is 26.6 Å². The van der Waals surface area contributed by atoms with Gasteiger partial charge in [0.15, 0.2) is 0 Å². The van der Waals surface area contributed by atoms with E-state index in [1.54, 1.807) is 6.20 Å². The van der Waals surface area contributed by atoms with Crippen LogP contribution in [0, 0.1) is 0 Å². The SMILES string of the molecule is O=C(CCCCCOc1ccccc1CN(Cc1ccccc1)C(=O)c1ccc(-c2cn[nH]c2)cc1)[AsH]O. The fourth-order valence-electron chi connectivity index (χ4n) is 4.18. The van der Waals surface area contributed by atoms with Crippen molar-refractivity contribution in [1.29, 1.82) is 0 Å². The van der Waals surface area contributed by atoms with Crippen molar-refractivity contribution in [3.63, 3.8) is 0 Å². The van der Waals surface area contributed by atoms with E-state index in [0.29, 0.717) is 31.7 Å². The van der Waals surface area contributed by atoms with E-state index < -0.39 is 16.1 Å². The first-order chi connectivity index (χ1) is 18.6. The summed E-state index contributed by atoms with van der Waals surface area (Å²) in [6.45, 7) is 1.41. The number of nitrogens with zero attached hydrogens (tertiary/aromatic N) is 2. The second-order valence-electron chi connectivity index (χ2n) is 9.01. The molecule has 0 aliphatic carbocycles. The van der Waals surface area contributed by atoms with E-state index >= 15 is 0 Å². The maximum absolute atomic E-state index is 13.7. The van der Waals surface area contributed by atoms with Gasteiger partial charge in [-0.2, -0.15) is 5.10 Å². The summed E-state index contributed by atoms with van der Waals surface area (Å²) < 4.78 is 15.1. The van der Waals surface area contributed by atoms with E-state index in [9.17, 15) is 9.59 Å². The number of benzene rings is 3. The van der Waals surface area contributed by atoms with Crippen molar-refractivity contribution in [2.45, 2.75) is 38.8 Å². The quantitative estimate of drug-likeness (QED) is 0.168. The molecule has 0 bridgehead atoms. The van der Waals surface area contributed by atoms with Gasteiger partial charge in [-0.3, -0.25) is 9.89 Å². The van der Waals surface area contributed by atoms with Gasteiger partial charge >= 0.3 is 126 Å². The van der Waals surface area contributed by atoms with E-state index in [-0.39, 0.29) is 10.5 Å². The summed E-state index contributed by atoms with van der Waals surface area (Å²) in [6, 6.07) is 25.4. The van der Waals surface area contributed by atoms with Gasteiger partial charge in [0.2, 0.25) is 0 Å². The first kappa shape index (κ1) is 27.4. The van der Waals surface area contributed by atoms with Crippen LogP contribution < -0.4 is 4.74 Å².